The fraction of sp³-hybridized carbons (Fsp3) is 0.629. The second-order valence-electron chi connectivity index (χ2n) is 23.2. The molecule has 10 atom stereocenters. The Hall–Kier alpha value is -7.11. The molecule has 23 nitrogen and oxygen atoms in total. The zero-order valence-electron chi connectivity index (χ0n) is 51.7. The van der Waals surface area contributed by atoms with Crippen LogP contribution in [0.25, 0.3) is 0 Å². The van der Waals surface area contributed by atoms with Crippen molar-refractivity contribution in [3.63, 3.8) is 0 Å². The molecular weight excluding hydrogens is 1100 g/mol. The van der Waals surface area contributed by atoms with Gasteiger partial charge in [0.25, 0.3) is 11.8 Å². The van der Waals surface area contributed by atoms with Crippen molar-refractivity contribution in [3.05, 3.63) is 71.5 Å². The molecular formula is C62H92N8O15. The Balaban J connectivity index is 1.25. The molecule has 23 heteroatoms. The lowest BCUT2D eigenvalue weighted by molar-refractivity contribution is -0.196. The van der Waals surface area contributed by atoms with E-state index in [2.05, 4.69) is 21.3 Å². The molecule has 5 N–H and O–H groups in total. The minimum atomic E-state index is -1.12. The molecule has 5 rings (SSSR count). The number of carbonyl (C=O) groups is 9. The number of imide groups is 1. The van der Waals surface area contributed by atoms with Gasteiger partial charge in [0.2, 0.25) is 23.6 Å². The SMILES string of the molecule is CC[C@H](C)[C@@H]([C@@H](CC(=O)N1CCC[C@H]1[C@H](OC)[C@@H](C)C(=O)N[C@H](C)[C@@H](O)c1ccccc1)OC)N(C)C(=O)[C@@H](NC(=O)[C@H](C(C)C)N(C)C(=O)OCc1ccc(NC(=O)O/C2=C/CCCCCC2)c(NCC(=O)ON2C(=O)CCC2=O)c1)C(C)C. The standard InChI is InChI=1S/C62H92N8O15/c1-13-39(6)55(48(81-11)34-51(73)69-32-22-27-47(69)57(82-12)40(7)58(76)64-41(8)56(75)43-23-18-17-19-24-43)67(9)60(78)53(37(2)3)66-59(77)54(38(4)5)68(10)62(80)83-36-42-28-29-45(65-61(79)84-44-25-20-15-14-16-21-26-44)46(33-42)63-35-52(74)85-70-49(71)30-31-50(70)72/h17-19,23-25,28-29,33,37-41,47-48,53-57,63,75H,13-16,20-22,26-27,30-32,34-36H2,1-12H3,(H,64,76)(H,65,79)(H,66,77)/b44-25+/t39-,40+,41+,47-,48+,53-,54-,55-,56+,57+/m0/s1. The van der Waals surface area contributed by atoms with Gasteiger partial charge in [0.1, 0.15) is 31.0 Å². The number of hydrogen-bond donors (Lipinski definition) is 5. The van der Waals surface area contributed by atoms with Gasteiger partial charge in [0.05, 0.1) is 60.2 Å². The second-order valence-corrected chi connectivity index (χ2v) is 23.2. The molecule has 0 saturated carbocycles. The van der Waals surface area contributed by atoms with Crippen molar-refractivity contribution in [2.75, 3.05) is 52.0 Å². The summed E-state index contributed by atoms with van der Waals surface area (Å²) in [4.78, 5) is 131. The number of amides is 8. The summed E-state index contributed by atoms with van der Waals surface area (Å²) in [6.45, 7) is 14.1. The maximum Gasteiger partial charge on any atom is 0.416 e. The highest BCUT2D eigenvalue weighted by molar-refractivity contribution is 6.02. The first-order chi connectivity index (χ1) is 40.4. The Kier molecular flexibility index (Phi) is 26.6. The number of allylic oxidation sites excluding steroid dienone is 2. The number of nitrogens with zero attached hydrogens (tertiary/aromatic N) is 4. The lowest BCUT2D eigenvalue weighted by Crippen LogP contribution is -2.60. The van der Waals surface area contributed by atoms with Crippen LogP contribution in [-0.2, 0) is 64.0 Å². The molecule has 0 unspecified atom stereocenters. The predicted molar refractivity (Wildman–Crippen MR) is 316 cm³/mol. The number of benzene rings is 2. The van der Waals surface area contributed by atoms with E-state index in [9.17, 15) is 48.3 Å². The average Bonchev–Trinajstić information content (AvgIpc) is 4.29. The van der Waals surface area contributed by atoms with Crippen molar-refractivity contribution < 1.29 is 72.0 Å². The van der Waals surface area contributed by atoms with Gasteiger partial charge >= 0.3 is 18.2 Å². The van der Waals surface area contributed by atoms with Gasteiger partial charge in [0, 0.05) is 54.1 Å². The average molecular weight is 1190 g/mol. The van der Waals surface area contributed by atoms with E-state index in [1.54, 1.807) is 76.6 Å². The van der Waals surface area contributed by atoms with Gasteiger partial charge in [-0.25, -0.2) is 14.4 Å². The van der Waals surface area contributed by atoms with Crippen molar-refractivity contribution in [3.8, 4) is 0 Å². The van der Waals surface area contributed by atoms with Crippen LogP contribution in [-0.4, -0.2) is 162 Å². The summed E-state index contributed by atoms with van der Waals surface area (Å²) in [5.41, 5.74) is 1.45. The molecule has 85 heavy (non-hydrogen) atoms. The number of aliphatic hydroxyl groups excluding tert-OH is 1. The van der Waals surface area contributed by atoms with Crippen molar-refractivity contribution >= 4 is 65.0 Å². The maximum absolute atomic E-state index is 14.8. The van der Waals surface area contributed by atoms with E-state index in [0.29, 0.717) is 54.2 Å². The Labute approximate surface area is 500 Å². The fourth-order valence-corrected chi connectivity index (χ4v) is 11.3. The van der Waals surface area contributed by atoms with E-state index in [-0.39, 0.29) is 55.0 Å². The molecule has 0 radical (unpaired) electrons. The van der Waals surface area contributed by atoms with E-state index in [4.69, 9.17) is 23.8 Å². The molecule has 2 saturated heterocycles. The molecule has 470 valence electrons. The predicted octanol–water partition coefficient (Wildman–Crippen LogP) is 7.38. The number of hydrogen-bond acceptors (Lipinski definition) is 16. The van der Waals surface area contributed by atoms with Crippen molar-refractivity contribution in [1.82, 2.24) is 30.4 Å². The Bertz CT molecular complexity index is 2640. The molecule has 8 amide bonds. The summed E-state index contributed by atoms with van der Waals surface area (Å²) in [5.74, 6) is -5.09. The molecule has 2 aromatic carbocycles. The van der Waals surface area contributed by atoms with Crippen LogP contribution in [0.1, 0.15) is 150 Å². The number of nitrogens with one attached hydrogen (secondary N) is 4. The molecule has 0 spiro atoms. The third kappa shape index (κ3) is 18.9. The van der Waals surface area contributed by atoms with E-state index < -0.39 is 115 Å². The first kappa shape index (κ1) is 68.7. The minimum Gasteiger partial charge on any atom is -0.445 e. The summed E-state index contributed by atoms with van der Waals surface area (Å²) < 4.78 is 23.4. The summed E-state index contributed by atoms with van der Waals surface area (Å²) in [6.07, 6.45) is 4.82. The van der Waals surface area contributed by atoms with Gasteiger partial charge in [-0.05, 0) is 86.1 Å². The molecule has 3 aliphatic rings. The van der Waals surface area contributed by atoms with Gasteiger partial charge < -0.3 is 54.6 Å². The number of rotatable bonds is 28. The molecule has 1 aliphatic carbocycles. The highest BCUT2D eigenvalue weighted by Gasteiger charge is 2.44. The summed E-state index contributed by atoms with van der Waals surface area (Å²) in [5, 5.41) is 22.8. The van der Waals surface area contributed by atoms with Crippen LogP contribution < -0.4 is 21.3 Å². The molecule has 0 bridgehead atoms. The normalized spacial score (nSPS) is 19.3. The Morgan fingerprint density at radius 1 is 0.776 bits per heavy atom. The first-order valence-corrected chi connectivity index (χ1v) is 29.9. The number of ether oxygens (including phenoxy) is 4. The number of likely N-dealkylation sites (N-methyl/N-ethyl adjacent to an activating group) is 2. The van der Waals surface area contributed by atoms with E-state index in [1.165, 1.54) is 33.4 Å². The summed E-state index contributed by atoms with van der Waals surface area (Å²) in [7, 11) is 6.06. The van der Waals surface area contributed by atoms with Gasteiger partial charge in [-0.15, -0.1) is 5.06 Å². The lowest BCUT2D eigenvalue weighted by atomic mass is 9.89. The van der Waals surface area contributed by atoms with Crippen molar-refractivity contribution in [1.29, 1.82) is 0 Å². The number of aliphatic hydroxyl groups is 1. The van der Waals surface area contributed by atoms with Gasteiger partial charge in [-0.2, -0.15) is 0 Å². The summed E-state index contributed by atoms with van der Waals surface area (Å²) >= 11 is 0. The third-order valence-electron chi connectivity index (χ3n) is 16.4. The topological polar surface area (TPSA) is 281 Å². The number of carbonyl (C=O) groups excluding carboxylic acids is 9. The van der Waals surface area contributed by atoms with E-state index >= 15 is 0 Å². The number of anilines is 2. The highest BCUT2D eigenvalue weighted by atomic mass is 16.7. The lowest BCUT2D eigenvalue weighted by Gasteiger charge is -2.41. The zero-order chi connectivity index (χ0) is 62.7. The van der Waals surface area contributed by atoms with Crippen LogP contribution in [0.3, 0.4) is 0 Å². The van der Waals surface area contributed by atoms with E-state index in [1.807, 2.05) is 38.1 Å². The monoisotopic (exact) mass is 1190 g/mol. The zero-order valence-corrected chi connectivity index (χ0v) is 51.7. The second kappa shape index (κ2) is 33.0. The number of methoxy groups -OCH3 is 2. The first-order valence-electron chi connectivity index (χ1n) is 29.9. The van der Waals surface area contributed by atoms with Crippen LogP contribution in [0.4, 0.5) is 21.0 Å². The fourth-order valence-electron chi connectivity index (χ4n) is 11.3. The molecule has 0 aromatic heterocycles. The van der Waals surface area contributed by atoms with Gasteiger partial charge in [-0.3, -0.25) is 39.0 Å². The largest absolute Gasteiger partial charge is 0.445 e. The van der Waals surface area contributed by atoms with Crippen LogP contribution in [0.15, 0.2) is 60.4 Å². The van der Waals surface area contributed by atoms with Crippen LogP contribution in [0.2, 0.25) is 0 Å². The molecule has 2 heterocycles. The number of hydroxylamine groups is 2. The molecule has 2 fully saturated rings. The van der Waals surface area contributed by atoms with E-state index in [0.717, 1.165) is 37.0 Å². The Morgan fingerprint density at radius 2 is 1.46 bits per heavy atom. The maximum atomic E-state index is 14.8. The molecule has 2 aliphatic heterocycles. The smallest absolute Gasteiger partial charge is 0.416 e. The van der Waals surface area contributed by atoms with Gasteiger partial charge in [0.15, 0.2) is 0 Å². The van der Waals surface area contributed by atoms with Crippen molar-refractivity contribution in [2.24, 2.45) is 23.7 Å². The molecule has 2 aromatic rings. The van der Waals surface area contributed by atoms with Crippen LogP contribution >= 0.6 is 0 Å². The Morgan fingerprint density at radius 3 is 2.09 bits per heavy atom. The highest BCUT2D eigenvalue weighted by Crippen LogP contribution is 2.31. The summed E-state index contributed by atoms with van der Waals surface area (Å²) in [6, 6.07) is 9.80. The van der Waals surface area contributed by atoms with Crippen LogP contribution in [0.5, 0.6) is 0 Å². The van der Waals surface area contributed by atoms with Gasteiger partial charge in [-0.1, -0.05) is 104 Å². The third-order valence-corrected chi connectivity index (χ3v) is 16.4. The van der Waals surface area contributed by atoms with Crippen LogP contribution in [0, 0.1) is 23.7 Å². The quantitative estimate of drug-likeness (QED) is 0.0520. The minimum absolute atomic E-state index is 0.0874. The van der Waals surface area contributed by atoms with Crippen molar-refractivity contribution in [2.45, 2.75) is 188 Å². The number of likely N-dealkylation sites (tertiary alicyclic amines) is 1.